The Labute approximate surface area is 53.3 Å². The van der Waals surface area contributed by atoms with Gasteiger partial charge < -0.3 is 4.43 Å². The van der Waals surface area contributed by atoms with Crippen LogP contribution in [0.3, 0.4) is 0 Å². The molecule has 0 radical (unpaired) electrons. The molecule has 0 saturated carbocycles. The summed E-state index contributed by atoms with van der Waals surface area (Å²) in [7, 11) is -0.524. The highest BCUT2D eigenvalue weighted by Crippen LogP contribution is 1.81. The van der Waals surface area contributed by atoms with E-state index in [1.807, 2.05) is 6.55 Å². The number of halogens is 1. The molecule has 0 saturated heterocycles. The van der Waals surface area contributed by atoms with Gasteiger partial charge in [-0.3, -0.25) is 4.79 Å². The van der Waals surface area contributed by atoms with Crippen LogP contribution in [0.1, 0.15) is 0 Å². The summed E-state index contributed by atoms with van der Waals surface area (Å²) in [6.45, 7) is 1.92. The summed E-state index contributed by atoms with van der Waals surface area (Å²) in [5.74, 6) is -0.144. The molecule has 0 atom stereocenters. The van der Waals surface area contributed by atoms with Crippen molar-refractivity contribution in [1.29, 1.82) is 0 Å². The van der Waals surface area contributed by atoms with Gasteiger partial charge in [0, 0.05) is 0 Å². The predicted octanol–water partition coefficient (Wildman–Crippen LogP) is 0.0564. The van der Waals surface area contributed by atoms with Crippen molar-refractivity contribution in [2.24, 2.45) is 0 Å². The average Bonchev–Trinajstić information content (AvgIpc) is 1.68. The van der Waals surface area contributed by atoms with Crippen molar-refractivity contribution in [2.45, 2.75) is 6.55 Å². The molecular formula is C3H7BrO2Si. The van der Waals surface area contributed by atoms with Crippen LogP contribution in [-0.2, 0) is 9.22 Å². The van der Waals surface area contributed by atoms with Crippen LogP contribution < -0.4 is 0 Å². The Morgan fingerprint density at radius 1 is 2.00 bits per heavy atom. The third kappa shape index (κ3) is 4.01. The average molecular weight is 183 g/mol. The van der Waals surface area contributed by atoms with Gasteiger partial charge in [-0.05, 0) is 6.55 Å². The van der Waals surface area contributed by atoms with Crippen LogP contribution in [0.5, 0.6) is 0 Å². The van der Waals surface area contributed by atoms with Gasteiger partial charge >= 0.3 is 5.97 Å². The lowest BCUT2D eigenvalue weighted by molar-refractivity contribution is -0.131. The number of alkyl halides is 1. The van der Waals surface area contributed by atoms with Gasteiger partial charge in [-0.1, -0.05) is 15.9 Å². The van der Waals surface area contributed by atoms with Crippen LogP contribution in [0.2, 0.25) is 6.55 Å². The molecule has 0 aromatic carbocycles. The van der Waals surface area contributed by atoms with E-state index in [1.54, 1.807) is 0 Å². The molecular weight excluding hydrogens is 176 g/mol. The van der Waals surface area contributed by atoms with E-state index >= 15 is 0 Å². The molecule has 0 aliphatic carbocycles. The van der Waals surface area contributed by atoms with Crippen molar-refractivity contribution in [2.75, 3.05) is 5.33 Å². The summed E-state index contributed by atoms with van der Waals surface area (Å²) >= 11 is 2.96. The molecule has 0 rings (SSSR count). The summed E-state index contributed by atoms with van der Waals surface area (Å²) < 4.78 is 4.64. The van der Waals surface area contributed by atoms with E-state index in [0.29, 0.717) is 5.33 Å². The Hall–Kier alpha value is 0.167. The first-order valence-corrected chi connectivity index (χ1v) is 5.14. The lowest BCUT2D eigenvalue weighted by Gasteiger charge is -1.93. The van der Waals surface area contributed by atoms with Gasteiger partial charge in [-0.25, -0.2) is 0 Å². The van der Waals surface area contributed by atoms with E-state index in [9.17, 15) is 4.79 Å². The van der Waals surface area contributed by atoms with E-state index in [2.05, 4.69) is 20.4 Å². The molecule has 0 aliphatic heterocycles. The second kappa shape index (κ2) is 4.33. The monoisotopic (exact) mass is 182 g/mol. The lowest BCUT2D eigenvalue weighted by atomic mass is 10.8. The minimum Gasteiger partial charge on any atom is -0.525 e. The topological polar surface area (TPSA) is 26.3 Å². The number of carbonyl (C=O) groups is 1. The first-order chi connectivity index (χ1) is 3.31. The zero-order chi connectivity index (χ0) is 5.70. The molecule has 0 aromatic rings. The molecule has 0 unspecified atom stereocenters. The van der Waals surface area contributed by atoms with Crippen LogP contribution >= 0.6 is 15.9 Å². The van der Waals surface area contributed by atoms with Crippen LogP contribution in [0.15, 0.2) is 0 Å². The Morgan fingerprint density at radius 3 is 2.71 bits per heavy atom. The lowest BCUT2D eigenvalue weighted by Crippen LogP contribution is -2.05. The Kier molecular flexibility index (Phi) is 4.43. The fourth-order valence-corrected chi connectivity index (χ4v) is 1.08. The fraction of sp³-hybridized carbons (Fsp3) is 0.667. The van der Waals surface area contributed by atoms with Crippen LogP contribution in [0.4, 0.5) is 0 Å². The standard InChI is InChI=1S/C3H7BrO2Si/c1-7-6-3(5)2-4/h2,7H2,1H3. The SMILES string of the molecule is C[SiH2]OC(=O)CBr. The summed E-state index contributed by atoms with van der Waals surface area (Å²) in [4.78, 5) is 10.2. The second-order valence-corrected chi connectivity index (χ2v) is 2.37. The number of hydrogen-bond acceptors (Lipinski definition) is 2. The number of hydrogen-bond donors (Lipinski definition) is 0. The summed E-state index contributed by atoms with van der Waals surface area (Å²) in [5, 5.41) is 0.327. The van der Waals surface area contributed by atoms with Crippen molar-refractivity contribution >= 4 is 31.7 Å². The minimum absolute atomic E-state index is 0.144. The van der Waals surface area contributed by atoms with Crippen molar-refractivity contribution in [3.63, 3.8) is 0 Å². The molecule has 4 heteroatoms. The highest BCUT2D eigenvalue weighted by molar-refractivity contribution is 9.09. The van der Waals surface area contributed by atoms with Crippen molar-refractivity contribution in [3.8, 4) is 0 Å². The predicted molar refractivity (Wildman–Crippen MR) is 34.3 cm³/mol. The van der Waals surface area contributed by atoms with Gasteiger partial charge in [0.1, 0.15) is 0 Å². The van der Waals surface area contributed by atoms with Crippen molar-refractivity contribution in [1.82, 2.24) is 0 Å². The summed E-state index contributed by atoms with van der Waals surface area (Å²) in [6, 6.07) is 0. The third-order valence-electron chi connectivity index (χ3n) is 0.414. The van der Waals surface area contributed by atoms with Gasteiger partial charge in [0.2, 0.25) is 9.76 Å². The van der Waals surface area contributed by atoms with Gasteiger partial charge in [0.15, 0.2) is 0 Å². The Bertz CT molecular complexity index is 66.0. The molecule has 2 nitrogen and oxygen atoms in total. The molecule has 0 bridgehead atoms. The molecule has 0 amide bonds. The van der Waals surface area contributed by atoms with Crippen molar-refractivity contribution < 1.29 is 9.22 Å². The summed E-state index contributed by atoms with van der Waals surface area (Å²) in [6.07, 6.45) is 0. The maximum Gasteiger partial charge on any atom is 0.302 e. The van der Waals surface area contributed by atoms with Gasteiger partial charge in [-0.15, -0.1) is 0 Å². The quantitative estimate of drug-likeness (QED) is 0.447. The van der Waals surface area contributed by atoms with Crippen LogP contribution in [0.25, 0.3) is 0 Å². The minimum atomic E-state index is -0.524. The highest BCUT2D eigenvalue weighted by Gasteiger charge is 1.92. The zero-order valence-corrected chi connectivity index (χ0v) is 7.11. The molecule has 0 heterocycles. The summed E-state index contributed by atoms with van der Waals surface area (Å²) in [5.41, 5.74) is 0. The normalized spacial score (nSPS) is 10.0. The van der Waals surface area contributed by atoms with E-state index < -0.39 is 9.76 Å². The van der Waals surface area contributed by atoms with E-state index in [4.69, 9.17) is 0 Å². The zero-order valence-electron chi connectivity index (χ0n) is 4.11. The Balaban J connectivity index is 3.00. The molecule has 0 aromatic heterocycles. The molecule has 0 fully saturated rings. The van der Waals surface area contributed by atoms with Crippen LogP contribution in [-0.4, -0.2) is 21.1 Å². The van der Waals surface area contributed by atoms with E-state index in [-0.39, 0.29) is 5.97 Å². The number of rotatable bonds is 2. The maximum atomic E-state index is 10.2. The van der Waals surface area contributed by atoms with E-state index in [0.717, 1.165) is 0 Å². The van der Waals surface area contributed by atoms with Crippen LogP contribution in [0, 0.1) is 0 Å². The van der Waals surface area contributed by atoms with Crippen molar-refractivity contribution in [3.05, 3.63) is 0 Å². The largest absolute Gasteiger partial charge is 0.525 e. The van der Waals surface area contributed by atoms with Gasteiger partial charge in [-0.2, -0.15) is 0 Å². The molecule has 7 heavy (non-hydrogen) atoms. The first-order valence-electron chi connectivity index (χ1n) is 2.02. The first kappa shape index (κ1) is 7.17. The van der Waals surface area contributed by atoms with Gasteiger partial charge in [0.25, 0.3) is 0 Å². The second-order valence-electron chi connectivity index (χ2n) is 0.939. The number of carbonyl (C=O) groups excluding carboxylic acids is 1. The highest BCUT2D eigenvalue weighted by atomic mass is 79.9. The fourth-order valence-electron chi connectivity index (χ4n) is 0.200. The Morgan fingerprint density at radius 2 is 2.57 bits per heavy atom. The molecule has 0 N–H and O–H groups in total. The molecule has 0 aliphatic rings. The van der Waals surface area contributed by atoms with Gasteiger partial charge in [0.05, 0.1) is 5.33 Å². The molecule has 0 spiro atoms. The third-order valence-corrected chi connectivity index (χ3v) is 1.48. The smallest absolute Gasteiger partial charge is 0.302 e. The maximum absolute atomic E-state index is 10.2. The molecule has 42 valence electrons. The van der Waals surface area contributed by atoms with E-state index in [1.165, 1.54) is 0 Å².